The van der Waals surface area contributed by atoms with Gasteiger partial charge in [-0.25, -0.2) is 9.97 Å². The standard InChI is InChI=1S/C15H14N2O3/c1-10-4-5-14(20-2)11(8-10)12(18)9-13(19)15-16-6-3-7-17-15/h3-8H,9H2,1-2H3. The number of hydrogen-bond donors (Lipinski definition) is 0. The molecule has 20 heavy (non-hydrogen) atoms. The van der Waals surface area contributed by atoms with Crippen LogP contribution in [0.4, 0.5) is 0 Å². The van der Waals surface area contributed by atoms with Crippen molar-refractivity contribution in [2.45, 2.75) is 13.3 Å². The lowest BCUT2D eigenvalue weighted by Gasteiger charge is -2.08. The first kappa shape index (κ1) is 13.9. The third kappa shape index (κ3) is 3.06. The molecular formula is C15H14N2O3. The van der Waals surface area contributed by atoms with Crippen LogP contribution in [0.2, 0.25) is 0 Å². The van der Waals surface area contributed by atoms with Crippen molar-refractivity contribution in [2.75, 3.05) is 7.11 Å². The van der Waals surface area contributed by atoms with Crippen LogP contribution in [0.25, 0.3) is 0 Å². The maximum atomic E-state index is 12.2. The Balaban J connectivity index is 2.21. The van der Waals surface area contributed by atoms with E-state index in [1.54, 1.807) is 18.2 Å². The Bertz CT molecular complexity index is 639. The van der Waals surface area contributed by atoms with Crippen molar-refractivity contribution < 1.29 is 14.3 Å². The van der Waals surface area contributed by atoms with Gasteiger partial charge in [0.05, 0.1) is 19.1 Å². The number of aryl methyl sites for hydroxylation is 1. The second-order valence-corrected chi connectivity index (χ2v) is 4.30. The third-order valence-corrected chi connectivity index (χ3v) is 2.79. The van der Waals surface area contributed by atoms with Gasteiger partial charge in [0.15, 0.2) is 11.6 Å². The Morgan fingerprint density at radius 2 is 1.85 bits per heavy atom. The summed E-state index contributed by atoms with van der Waals surface area (Å²) in [6.45, 7) is 1.87. The van der Waals surface area contributed by atoms with E-state index in [4.69, 9.17) is 4.74 Å². The van der Waals surface area contributed by atoms with Gasteiger partial charge in [0.2, 0.25) is 5.78 Å². The van der Waals surface area contributed by atoms with E-state index in [2.05, 4.69) is 9.97 Å². The zero-order chi connectivity index (χ0) is 14.5. The molecule has 0 aliphatic heterocycles. The van der Waals surface area contributed by atoms with Gasteiger partial charge in [0, 0.05) is 12.4 Å². The van der Waals surface area contributed by atoms with Crippen LogP contribution in [-0.2, 0) is 0 Å². The maximum Gasteiger partial charge on any atom is 0.207 e. The fraction of sp³-hybridized carbons (Fsp3) is 0.200. The Labute approximate surface area is 116 Å². The van der Waals surface area contributed by atoms with Crippen molar-refractivity contribution in [2.24, 2.45) is 0 Å². The highest BCUT2D eigenvalue weighted by molar-refractivity contribution is 6.13. The highest BCUT2D eigenvalue weighted by atomic mass is 16.5. The topological polar surface area (TPSA) is 69.2 Å². The number of ether oxygens (including phenoxy) is 1. The third-order valence-electron chi connectivity index (χ3n) is 2.79. The molecule has 102 valence electrons. The maximum absolute atomic E-state index is 12.2. The minimum atomic E-state index is -0.404. The van der Waals surface area contributed by atoms with Gasteiger partial charge >= 0.3 is 0 Å². The number of carbonyl (C=O) groups is 2. The Kier molecular flexibility index (Phi) is 4.20. The highest BCUT2D eigenvalue weighted by Gasteiger charge is 2.18. The van der Waals surface area contributed by atoms with Crippen molar-refractivity contribution in [1.29, 1.82) is 0 Å². The molecule has 5 heteroatoms. The molecule has 0 radical (unpaired) electrons. The zero-order valence-electron chi connectivity index (χ0n) is 11.3. The number of carbonyl (C=O) groups excluding carboxylic acids is 2. The van der Waals surface area contributed by atoms with Crippen LogP contribution in [0.5, 0.6) is 5.75 Å². The van der Waals surface area contributed by atoms with Crippen LogP contribution >= 0.6 is 0 Å². The largest absolute Gasteiger partial charge is 0.496 e. The number of nitrogens with zero attached hydrogens (tertiary/aromatic N) is 2. The Morgan fingerprint density at radius 3 is 2.50 bits per heavy atom. The van der Waals surface area contributed by atoms with Crippen molar-refractivity contribution in [3.05, 3.63) is 53.6 Å². The summed E-state index contributed by atoms with van der Waals surface area (Å²) >= 11 is 0. The van der Waals surface area contributed by atoms with Gasteiger partial charge in [-0.2, -0.15) is 0 Å². The summed E-state index contributed by atoms with van der Waals surface area (Å²) < 4.78 is 5.15. The Hall–Kier alpha value is -2.56. The fourth-order valence-corrected chi connectivity index (χ4v) is 1.80. The molecule has 0 unspecified atom stereocenters. The fourth-order valence-electron chi connectivity index (χ4n) is 1.80. The molecule has 0 fully saturated rings. The van der Waals surface area contributed by atoms with Crippen molar-refractivity contribution in [1.82, 2.24) is 9.97 Å². The van der Waals surface area contributed by atoms with Crippen LogP contribution in [0.1, 0.15) is 33.0 Å². The van der Waals surface area contributed by atoms with E-state index in [1.807, 2.05) is 13.0 Å². The lowest BCUT2D eigenvalue weighted by atomic mass is 10.0. The number of rotatable bonds is 5. The number of hydrogen-bond acceptors (Lipinski definition) is 5. The van der Waals surface area contributed by atoms with Gasteiger partial charge in [-0.15, -0.1) is 0 Å². The van der Waals surface area contributed by atoms with Crippen molar-refractivity contribution >= 4 is 11.6 Å². The molecule has 1 aromatic heterocycles. The van der Waals surface area contributed by atoms with Gasteiger partial charge in [0.1, 0.15) is 5.75 Å². The summed E-state index contributed by atoms with van der Waals surface area (Å²) in [6.07, 6.45) is 2.67. The molecule has 1 aromatic carbocycles. The first-order chi connectivity index (χ1) is 9.61. The molecule has 0 aliphatic rings. The molecule has 0 saturated carbocycles. The van der Waals surface area contributed by atoms with E-state index in [0.717, 1.165) is 5.56 Å². The molecule has 0 aliphatic carbocycles. The molecule has 1 heterocycles. The smallest absolute Gasteiger partial charge is 0.207 e. The zero-order valence-corrected chi connectivity index (χ0v) is 11.3. The van der Waals surface area contributed by atoms with Crippen molar-refractivity contribution in [3.63, 3.8) is 0 Å². The lowest BCUT2D eigenvalue weighted by molar-refractivity contribution is 0.0887. The predicted octanol–water partition coefficient (Wildman–Crippen LogP) is 2.25. The summed E-state index contributed by atoms with van der Waals surface area (Å²) in [5, 5.41) is 0. The number of methoxy groups -OCH3 is 1. The van der Waals surface area contributed by atoms with E-state index in [1.165, 1.54) is 19.5 Å². The monoisotopic (exact) mass is 270 g/mol. The molecular weight excluding hydrogens is 256 g/mol. The molecule has 0 saturated heterocycles. The molecule has 0 bridgehead atoms. The second-order valence-electron chi connectivity index (χ2n) is 4.30. The molecule has 2 rings (SSSR count). The van der Waals surface area contributed by atoms with Gasteiger partial charge in [-0.05, 0) is 25.1 Å². The average molecular weight is 270 g/mol. The summed E-state index contributed by atoms with van der Waals surface area (Å²) in [5.41, 5.74) is 1.33. The second kappa shape index (κ2) is 6.06. The van der Waals surface area contributed by atoms with Crippen LogP contribution in [0.3, 0.4) is 0 Å². The van der Waals surface area contributed by atoms with Crippen molar-refractivity contribution in [3.8, 4) is 5.75 Å². The van der Waals surface area contributed by atoms with Gasteiger partial charge < -0.3 is 4.74 Å². The van der Waals surface area contributed by atoms with Gasteiger partial charge in [-0.1, -0.05) is 11.6 Å². The molecule has 0 amide bonds. The van der Waals surface area contributed by atoms with Crippen LogP contribution in [-0.4, -0.2) is 28.6 Å². The normalized spacial score (nSPS) is 10.1. The highest BCUT2D eigenvalue weighted by Crippen LogP contribution is 2.21. The molecule has 5 nitrogen and oxygen atoms in total. The molecule has 0 spiro atoms. The van der Waals surface area contributed by atoms with Crippen LogP contribution in [0.15, 0.2) is 36.7 Å². The van der Waals surface area contributed by atoms with Crippen LogP contribution in [0, 0.1) is 6.92 Å². The average Bonchev–Trinajstić information content (AvgIpc) is 2.48. The summed E-state index contributed by atoms with van der Waals surface area (Å²) in [6, 6.07) is 6.88. The number of aromatic nitrogens is 2. The van der Waals surface area contributed by atoms with Gasteiger partial charge in [-0.3, -0.25) is 9.59 Å². The number of Topliss-reactive ketones (excluding diaryl/α,β-unsaturated/α-hetero) is 2. The number of ketones is 2. The minimum Gasteiger partial charge on any atom is -0.496 e. The predicted molar refractivity (Wildman–Crippen MR) is 73.0 cm³/mol. The lowest BCUT2D eigenvalue weighted by Crippen LogP contribution is -2.12. The van der Waals surface area contributed by atoms with E-state index in [-0.39, 0.29) is 18.0 Å². The Morgan fingerprint density at radius 1 is 1.15 bits per heavy atom. The molecule has 0 N–H and O–H groups in total. The van der Waals surface area contributed by atoms with E-state index >= 15 is 0 Å². The molecule has 2 aromatic rings. The summed E-state index contributed by atoms with van der Waals surface area (Å²) in [5.74, 6) is -0.197. The van der Waals surface area contributed by atoms with E-state index < -0.39 is 5.78 Å². The minimum absolute atomic E-state index is 0.0486. The van der Waals surface area contributed by atoms with E-state index in [9.17, 15) is 9.59 Å². The first-order valence-corrected chi connectivity index (χ1v) is 6.10. The summed E-state index contributed by atoms with van der Waals surface area (Å²) in [4.78, 5) is 31.8. The quantitative estimate of drug-likeness (QED) is 0.615. The molecule has 0 atom stereocenters. The van der Waals surface area contributed by atoms with Gasteiger partial charge in [0.25, 0.3) is 0 Å². The van der Waals surface area contributed by atoms with Crippen LogP contribution < -0.4 is 4.74 Å². The first-order valence-electron chi connectivity index (χ1n) is 6.10. The number of benzene rings is 1. The van der Waals surface area contributed by atoms with E-state index in [0.29, 0.717) is 11.3 Å². The summed E-state index contributed by atoms with van der Waals surface area (Å²) in [7, 11) is 1.49. The SMILES string of the molecule is COc1ccc(C)cc1C(=O)CC(=O)c1ncccn1.